The molecule has 0 aliphatic heterocycles. The van der Waals surface area contributed by atoms with Crippen LogP contribution in [-0.4, -0.2) is 4.98 Å². The topological polar surface area (TPSA) is 22.1 Å². The minimum absolute atomic E-state index is 0.631. The van der Waals surface area contributed by atoms with Gasteiger partial charge in [-0.2, -0.15) is 0 Å². The van der Waals surface area contributed by atoms with Gasteiger partial charge >= 0.3 is 0 Å². The minimum atomic E-state index is 0.631. The highest BCUT2D eigenvalue weighted by Gasteiger charge is 2.20. The maximum Gasteiger partial charge on any atom is 0.219 e. The molecule has 0 N–H and O–H groups in total. The molecular formula is C21H19NO. The molecule has 0 amide bonds. The number of fused-ring (bicyclic) bond motifs is 1. The summed E-state index contributed by atoms with van der Waals surface area (Å²) >= 11 is 0. The molecule has 1 aliphatic rings. The molecule has 0 bridgehead atoms. The average Bonchev–Trinajstić information content (AvgIpc) is 2.63. The highest BCUT2D eigenvalue weighted by Crippen LogP contribution is 2.34. The monoisotopic (exact) mass is 301 g/mol. The van der Waals surface area contributed by atoms with Crippen LogP contribution in [0.25, 0.3) is 0 Å². The van der Waals surface area contributed by atoms with Crippen molar-refractivity contribution in [3.05, 3.63) is 89.6 Å². The van der Waals surface area contributed by atoms with Gasteiger partial charge in [0, 0.05) is 12.3 Å². The van der Waals surface area contributed by atoms with Crippen LogP contribution >= 0.6 is 0 Å². The second-order valence-electron chi connectivity index (χ2n) is 6.05. The summed E-state index contributed by atoms with van der Waals surface area (Å²) in [4.78, 5) is 4.22. The summed E-state index contributed by atoms with van der Waals surface area (Å²) in [6.45, 7) is 0. The van der Waals surface area contributed by atoms with Crippen LogP contribution in [0.15, 0.2) is 72.9 Å². The molecule has 4 rings (SSSR count). The van der Waals surface area contributed by atoms with E-state index in [2.05, 4.69) is 53.5 Å². The van der Waals surface area contributed by atoms with E-state index < -0.39 is 0 Å². The molecule has 1 unspecified atom stereocenters. The third kappa shape index (κ3) is 3.11. The molecule has 23 heavy (non-hydrogen) atoms. The van der Waals surface area contributed by atoms with Crippen LogP contribution in [0.4, 0.5) is 0 Å². The molecule has 2 nitrogen and oxygen atoms in total. The molecule has 1 heterocycles. The molecule has 1 aromatic heterocycles. The second-order valence-corrected chi connectivity index (χ2v) is 6.05. The van der Waals surface area contributed by atoms with Crippen molar-refractivity contribution in [2.75, 3.05) is 0 Å². The fourth-order valence-electron chi connectivity index (χ4n) is 3.33. The Labute approximate surface area is 136 Å². The Kier molecular flexibility index (Phi) is 3.81. The molecule has 3 aromatic rings. The summed E-state index contributed by atoms with van der Waals surface area (Å²) in [6, 6.07) is 23.0. The molecule has 0 fully saturated rings. The Bertz CT molecular complexity index is 783. The fourth-order valence-corrected chi connectivity index (χ4v) is 3.33. The first-order valence-electron chi connectivity index (χ1n) is 8.14. The van der Waals surface area contributed by atoms with Gasteiger partial charge in [-0.1, -0.05) is 42.5 Å². The van der Waals surface area contributed by atoms with Gasteiger partial charge < -0.3 is 4.74 Å². The van der Waals surface area contributed by atoms with Gasteiger partial charge in [0.1, 0.15) is 5.75 Å². The number of hydrogen-bond donors (Lipinski definition) is 0. The normalized spacial score (nSPS) is 16.6. The van der Waals surface area contributed by atoms with Crippen molar-refractivity contribution >= 4 is 0 Å². The van der Waals surface area contributed by atoms with Gasteiger partial charge in [-0.25, -0.2) is 4.98 Å². The van der Waals surface area contributed by atoms with E-state index in [-0.39, 0.29) is 0 Å². The number of benzene rings is 2. The Morgan fingerprint density at radius 2 is 1.74 bits per heavy atom. The number of pyridine rings is 1. The zero-order valence-corrected chi connectivity index (χ0v) is 13.0. The number of hydrogen-bond acceptors (Lipinski definition) is 2. The molecule has 0 saturated heterocycles. The van der Waals surface area contributed by atoms with Crippen molar-refractivity contribution in [3.63, 3.8) is 0 Å². The van der Waals surface area contributed by atoms with Crippen LogP contribution in [0.1, 0.15) is 29.0 Å². The van der Waals surface area contributed by atoms with Gasteiger partial charge in [0.15, 0.2) is 0 Å². The van der Waals surface area contributed by atoms with Crippen molar-refractivity contribution in [2.45, 2.75) is 25.2 Å². The van der Waals surface area contributed by atoms with E-state index in [4.69, 9.17) is 4.74 Å². The number of aromatic nitrogens is 1. The van der Waals surface area contributed by atoms with Crippen molar-refractivity contribution in [2.24, 2.45) is 0 Å². The summed E-state index contributed by atoms with van der Waals surface area (Å²) in [5.74, 6) is 2.15. The molecule has 2 aromatic carbocycles. The number of rotatable bonds is 3. The third-order valence-corrected chi connectivity index (χ3v) is 4.54. The maximum absolute atomic E-state index is 5.84. The Hall–Kier alpha value is -2.61. The van der Waals surface area contributed by atoms with Gasteiger partial charge in [-0.05, 0) is 60.1 Å². The molecular weight excluding hydrogens is 282 g/mol. The summed E-state index contributed by atoms with van der Waals surface area (Å²) in [5.41, 5.74) is 4.30. The van der Waals surface area contributed by atoms with E-state index in [1.165, 1.54) is 23.1 Å². The quantitative estimate of drug-likeness (QED) is 0.667. The number of aryl methyl sites for hydroxylation is 1. The van der Waals surface area contributed by atoms with E-state index >= 15 is 0 Å². The lowest BCUT2D eigenvalue weighted by atomic mass is 9.80. The van der Waals surface area contributed by atoms with Crippen LogP contribution in [0.2, 0.25) is 0 Å². The molecule has 2 heteroatoms. The highest BCUT2D eigenvalue weighted by molar-refractivity contribution is 5.40. The van der Waals surface area contributed by atoms with Crippen LogP contribution in [-0.2, 0) is 12.8 Å². The van der Waals surface area contributed by atoms with Crippen molar-refractivity contribution in [1.29, 1.82) is 0 Å². The van der Waals surface area contributed by atoms with E-state index in [1.807, 2.05) is 18.2 Å². The first kappa shape index (κ1) is 14.0. The maximum atomic E-state index is 5.84. The number of nitrogens with zero attached hydrogens (tertiary/aromatic N) is 1. The van der Waals surface area contributed by atoms with Gasteiger partial charge in [-0.3, -0.25) is 0 Å². The standard InChI is InChI=1S/C21H19NO/c1-2-6-16(7-3-1)17-9-10-19-15-20(12-11-18(19)14-17)23-21-8-4-5-13-22-21/h1-8,11-13,15,17H,9-10,14H2. The number of ether oxygens (including phenoxy) is 1. The SMILES string of the molecule is c1ccc(C2CCc3cc(Oc4ccccn4)ccc3C2)cc1. The summed E-state index contributed by atoms with van der Waals surface area (Å²) in [7, 11) is 0. The molecule has 1 atom stereocenters. The van der Waals surface area contributed by atoms with Crippen LogP contribution in [0.5, 0.6) is 11.6 Å². The zero-order chi connectivity index (χ0) is 15.5. The molecule has 0 spiro atoms. The lowest BCUT2D eigenvalue weighted by Crippen LogP contribution is -2.12. The van der Waals surface area contributed by atoms with Crippen LogP contribution in [0.3, 0.4) is 0 Å². The molecule has 1 aliphatic carbocycles. The lowest BCUT2D eigenvalue weighted by molar-refractivity contribution is 0.460. The average molecular weight is 301 g/mol. The summed E-state index contributed by atoms with van der Waals surface area (Å²) in [5, 5.41) is 0. The fraction of sp³-hybridized carbons (Fsp3) is 0.190. The van der Waals surface area contributed by atoms with Gasteiger partial charge in [0.25, 0.3) is 0 Å². The van der Waals surface area contributed by atoms with E-state index in [1.54, 1.807) is 6.20 Å². The largest absolute Gasteiger partial charge is 0.439 e. The Morgan fingerprint density at radius 3 is 2.57 bits per heavy atom. The first-order valence-corrected chi connectivity index (χ1v) is 8.14. The van der Waals surface area contributed by atoms with Gasteiger partial charge in [-0.15, -0.1) is 0 Å². The zero-order valence-electron chi connectivity index (χ0n) is 13.0. The van der Waals surface area contributed by atoms with E-state index in [9.17, 15) is 0 Å². The summed E-state index contributed by atoms with van der Waals surface area (Å²) in [6.07, 6.45) is 5.17. The predicted octanol–water partition coefficient (Wildman–Crippen LogP) is 5.15. The Balaban J connectivity index is 1.53. The second kappa shape index (κ2) is 6.25. The van der Waals surface area contributed by atoms with Crippen LogP contribution in [0, 0.1) is 0 Å². The predicted molar refractivity (Wildman–Crippen MR) is 92.0 cm³/mol. The highest BCUT2D eigenvalue weighted by atomic mass is 16.5. The van der Waals surface area contributed by atoms with E-state index in [0.29, 0.717) is 11.8 Å². The minimum Gasteiger partial charge on any atom is -0.439 e. The van der Waals surface area contributed by atoms with E-state index in [0.717, 1.165) is 18.6 Å². The van der Waals surface area contributed by atoms with Crippen molar-refractivity contribution in [1.82, 2.24) is 4.98 Å². The Morgan fingerprint density at radius 1 is 0.870 bits per heavy atom. The van der Waals surface area contributed by atoms with Gasteiger partial charge in [0.05, 0.1) is 0 Å². The summed E-state index contributed by atoms with van der Waals surface area (Å²) < 4.78 is 5.84. The molecule has 114 valence electrons. The first-order chi connectivity index (χ1) is 11.4. The van der Waals surface area contributed by atoms with Gasteiger partial charge in [0.2, 0.25) is 5.88 Å². The smallest absolute Gasteiger partial charge is 0.219 e. The molecule has 0 saturated carbocycles. The van der Waals surface area contributed by atoms with Crippen molar-refractivity contribution < 1.29 is 4.74 Å². The lowest BCUT2D eigenvalue weighted by Gasteiger charge is -2.25. The molecule has 0 radical (unpaired) electrons. The van der Waals surface area contributed by atoms with Crippen LogP contribution < -0.4 is 4.74 Å². The third-order valence-electron chi connectivity index (χ3n) is 4.54. The van der Waals surface area contributed by atoms with Crippen molar-refractivity contribution in [3.8, 4) is 11.6 Å².